The summed E-state index contributed by atoms with van der Waals surface area (Å²) in [6.07, 6.45) is 3.20. The van der Waals surface area contributed by atoms with E-state index in [-0.39, 0.29) is 35.8 Å². The highest BCUT2D eigenvalue weighted by Gasteiger charge is 2.34. The number of ether oxygens (including phenoxy) is 4. The average Bonchev–Trinajstić information content (AvgIpc) is 3.23. The van der Waals surface area contributed by atoms with Crippen LogP contribution in [0.25, 0.3) is 6.08 Å². The normalized spacial score (nSPS) is 14.8. The Labute approximate surface area is 243 Å². The molecule has 40 heavy (non-hydrogen) atoms. The summed E-state index contributed by atoms with van der Waals surface area (Å²) in [4.78, 5) is 32.1. The van der Waals surface area contributed by atoms with Gasteiger partial charge < -0.3 is 24.1 Å². The first-order chi connectivity index (χ1) is 19.2. The van der Waals surface area contributed by atoms with E-state index in [1.807, 2.05) is 6.92 Å². The molecule has 9 nitrogen and oxygen atoms in total. The maximum atomic E-state index is 13.9. The van der Waals surface area contributed by atoms with E-state index in [0.717, 1.165) is 11.3 Å². The molecule has 0 radical (unpaired) electrons. The lowest BCUT2D eigenvalue weighted by Gasteiger charge is -2.25. The van der Waals surface area contributed by atoms with Crippen LogP contribution in [0.15, 0.2) is 68.5 Å². The van der Waals surface area contributed by atoms with Gasteiger partial charge in [-0.2, -0.15) is 0 Å². The molecule has 0 amide bonds. The minimum atomic E-state index is -0.837. The van der Waals surface area contributed by atoms with E-state index in [1.54, 1.807) is 56.3 Å². The number of methoxy groups -OCH3 is 1. The minimum absolute atomic E-state index is 0.104. The molecule has 1 aliphatic rings. The Bertz CT molecular complexity index is 1670. The smallest absolute Gasteiger partial charge is 0.338 e. The van der Waals surface area contributed by atoms with Crippen molar-refractivity contribution in [2.75, 3.05) is 26.9 Å². The molecule has 1 aromatic heterocycles. The van der Waals surface area contributed by atoms with Gasteiger partial charge in [0.1, 0.15) is 6.61 Å². The Morgan fingerprint density at radius 3 is 2.62 bits per heavy atom. The van der Waals surface area contributed by atoms with Crippen LogP contribution in [0.2, 0.25) is 0 Å². The number of nitrogens with zero attached hydrogens (tertiary/aromatic N) is 2. The van der Waals surface area contributed by atoms with Crippen LogP contribution >= 0.6 is 27.3 Å². The second kappa shape index (κ2) is 12.6. The molecular weight excluding hydrogens is 600 g/mol. The molecule has 210 valence electrons. The third-order valence-electron chi connectivity index (χ3n) is 6.03. The highest BCUT2D eigenvalue weighted by atomic mass is 79.9. The third-order valence-corrected chi connectivity index (χ3v) is 7.47. The SMILES string of the molecule is C=CCOc1ccc([C@H]2C(C(=O)OCC)=C(C)N=c3sc(=Cc4cc(Br)cc(OC)c4O)c(=O)n32)cc1OCC. The van der Waals surface area contributed by atoms with Crippen LogP contribution in [0.1, 0.15) is 37.9 Å². The Kier molecular flexibility index (Phi) is 9.16. The second-order valence-corrected chi connectivity index (χ2v) is 10.5. The van der Waals surface area contributed by atoms with Crippen LogP contribution in [-0.4, -0.2) is 42.6 Å². The van der Waals surface area contributed by atoms with Crippen molar-refractivity contribution in [3.8, 4) is 23.0 Å². The van der Waals surface area contributed by atoms with Gasteiger partial charge in [0, 0.05) is 10.0 Å². The number of halogens is 1. The number of thiazole rings is 1. The van der Waals surface area contributed by atoms with Gasteiger partial charge in [0.15, 0.2) is 27.8 Å². The minimum Gasteiger partial charge on any atom is -0.504 e. The quantitative estimate of drug-likeness (QED) is 0.264. The number of hydrogen-bond donors (Lipinski definition) is 1. The van der Waals surface area contributed by atoms with Gasteiger partial charge in [0.25, 0.3) is 5.56 Å². The summed E-state index contributed by atoms with van der Waals surface area (Å²) >= 11 is 4.56. The van der Waals surface area contributed by atoms with Gasteiger partial charge in [-0.25, -0.2) is 9.79 Å². The average molecular weight is 630 g/mol. The molecule has 0 saturated heterocycles. The first kappa shape index (κ1) is 29.2. The number of allylic oxidation sites excluding steroid dienone is 1. The van der Waals surface area contributed by atoms with Crippen molar-refractivity contribution in [1.29, 1.82) is 0 Å². The van der Waals surface area contributed by atoms with Crippen LogP contribution < -0.4 is 29.1 Å². The molecule has 1 N–H and O–H groups in total. The zero-order valence-electron chi connectivity index (χ0n) is 22.5. The molecule has 11 heteroatoms. The fraction of sp³-hybridized carbons (Fsp3) is 0.276. The summed E-state index contributed by atoms with van der Waals surface area (Å²) < 4.78 is 24.7. The number of benzene rings is 2. The number of aromatic nitrogens is 1. The summed E-state index contributed by atoms with van der Waals surface area (Å²) in [6, 6.07) is 7.75. The van der Waals surface area contributed by atoms with Crippen molar-refractivity contribution in [3.05, 3.63) is 89.5 Å². The molecule has 0 fully saturated rings. The molecule has 0 bridgehead atoms. The lowest BCUT2D eigenvalue weighted by atomic mass is 9.95. The number of fused-ring (bicyclic) bond motifs is 1. The van der Waals surface area contributed by atoms with E-state index in [9.17, 15) is 14.7 Å². The van der Waals surface area contributed by atoms with Gasteiger partial charge in [0.05, 0.1) is 42.2 Å². The maximum Gasteiger partial charge on any atom is 0.338 e. The van der Waals surface area contributed by atoms with Crippen LogP contribution in [0, 0.1) is 0 Å². The fourth-order valence-electron chi connectivity index (χ4n) is 4.34. The van der Waals surface area contributed by atoms with Gasteiger partial charge >= 0.3 is 5.97 Å². The summed E-state index contributed by atoms with van der Waals surface area (Å²) in [5.41, 5.74) is 1.30. The summed E-state index contributed by atoms with van der Waals surface area (Å²) in [5, 5.41) is 10.7. The fourth-order valence-corrected chi connectivity index (χ4v) is 5.83. The third kappa shape index (κ3) is 5.71. The standard InChI is InChI=1S/C29H29BrN2O7S/c1-6-11-39-20-10-9-17(13-21(20)37-7-2)25-24(28(35)38-8-3)16(4)31-29-32(25)27(34)23(40-29)14-18-12-19(30)15-22(36-5)26(18)33/h6,9-10,12-15,25,33H,1,7-8,11H2,2-5H3/t25-/m0/s1. The molecule has 4 rings (SSSR count). The van der Waals surface area contributed by atoms with Crippen LogP contribution in [-0.2, 0) is 9.53 Å². The Hall–Kier alpha value is -3.83. The number of hydrogen-bond acceptors (Lipinski definition) is 9. The van der Waals surface area contributed by atoms with Crippen LogP contribution in [0.4, 0.5) is 0 Å². The summed E-state index contributed by atoms with van der Waals surface area (Å²) in [6.45, 7) is 9.81. The van der Waals surface area contributed by atoms with E-state index in [4.69, 9.17) is 18.9 Å². The number of aromatic hydroxyl groups is 1. The van der Waals surface area contributed by atoms with Gasteiger partial charge in [-0.3, -0.25) is 9.36 Å². The molecular formula is C29H29BrN2O7S. The van der Waals surface area contributed by atoms with Gasteiger partial charge in [-0.05, 0) is 56.7 Å². The Morgan fingerprint density at radius 1 is 1.18 bits per heavy atom. The number of phenols is 1. The topological polar surface area (TPSA) is 109 Å². The lowest BCUT2D eigenvalue weighted by molar-refractivity contribution is -0.139. The summed E-state index contributed by atoms with van der Waals surface area (Å²) in [7, 11) is 1.45. The molecule has 2 aromatic carbocycles. The summed E-state index contributed by atoms with van der Waals surface area (Å²) in [5.74, 6) is 0.563. The Balaban J connectivity index is 1.96. The molecule has 3 aromatic rings. The zero-order valence-corrected chi connectivity index (χ0v) is 24.9. The van der Waals surface area contributed by atoms with E-state index in [1.165, 1.54) is 11.7 Å². The van der Waals surface area contributed by atoms with Gasteiger partial charge in [0.2, 0.25) is 0 Å². The van der Waals surface area contributed by atoms with Crippen molar-refractivity contribution < 1.29 is 28.8 Å². The van der Waals surface area contributed by atoms with Crippen molar-refractivity contribution in [3.63, 3.8) is 0 Å². The second-order valence-electron chi connectivity index (χ2n) is 8.59. The predicted octanol–water partition coefficient (Wildman–Crippen LogP) is 4.24. The van der Waals surface area contributed by atoms with E-state index >= 15 is 0 Å². The zero-order chi connectivity index (χ0) is 29.0. The molecule has 0 aliphatic carbocycles. The van der Waals surface area contributed by atoms with E-state index in [0.29, 0.717) is 48.7 Å². The van der Waals surface area contributed by atoms with Gasteiger partial charge in [-0.1, -0.05) is 46.0 Å². The highest BCUT2D eigenvalue weighted by Crippen LogP contribution is 2.37. The number of rotatable bonds is 10. The molecule has 1 aliphatic heterocycles. The number of carbonyl (C=O) groups is 1. The van der Waals surface area contributed by atoms with Crippen molar-refractivity contribution in [1.82, 2.24) is 4.57 Å². The highest BCUT2D eigenvalue weighted by molar-refractivity contribution is 9.10. The Morgan fingerprint density at radius 2 is 1.95 bits per heavy atom. The molecule has 0 spiro atoms. The van der Waals surface area contributed by atoms with E-state index in [2.05, 4.69) is 27.5 Å². The number of esters is 1. The van der Waals surface area contributed by atoms with Crippen molar-refractivity contribution in [2.24, 2.45) is 4.99 Å². The molecule has 0 unspecified atom stereocenters. The monoisotopic (exact) mass is 628 g/mol. The predicted molar refractivity (Wildman–Crippen MR) is 156 cm³/mol. The van der Waals surface area contributed by atoms with E-state index < -0.39 is 12.0 Å². The molecule has 2 heterocycles. The maximum absolute atomic E-state index is 13.9. The largest absolute Gasteiger partial charge is 0.504 e. The molecule has 0 saturated carbocycles. The molecule has 1 atom stereocenters. The van der Waals surface area contributed by atoms with Crippen LogP contribution in [0.3, 0.4) is 0 Å². The first-order valence-electron chi connectivity index (χ1n) is 12.5. The number of phenolic OH excluding ortho intramolecular Hbond substituents is 1. The van der Waals surface area contributed by atoms with Crippen molar-refractivity contribution in [2.45, 2.75) is 26.8 Å². The van der Waals surface area contributed by atoms with Crippen molar-refractivity contribution >= 4 is 39.3 Å². The first-order valence-corrected chi connectivity index (χ1v) is 14.1. The number of carbonyl (C=O) groups excluding carboxylic acids is 1. The van der Waals surface area contributed by atoms with Gasteiger partial charge in [-0.15, -0.1) is 0 Å². The van der Waals surface area contributed by atoms with Crippen LogP contribution in [0.5, 0.6) is 23.0 Å². The lowest BCUT2D eigenvalue weighted by Crippen LogP contribution is -2.40.